The fraction of sp³-hybridized carbons (Fsp3) is 1.00. The molecule has 2 heteroatoms. The molecule has 1 rings (SSSR count). The molecular weight excluding hydrogens is 148 g/mol. The van der Waals surface area contributed by atoms with Crippen molar-refractivity contribution >= 4 is 0 Å². The van der Waals surface area contributed by atoms with Crippen LogP contribution in [0.3, 0.4) is 0 Å². The standard InChI is InChI=1S/C10H22N2/c1-9(2)12(3)8-7-11-10-5-4-6-10/h9-11H,4-8H2,1-3H3. The maximum Gasteiger partial charge on any atom is 0.0107 e. The van der Waals surface area contributed by atoms with Crippen LogP contribution in [-0.2, 0) is 0 Å². The molecule has 0 amide bonds. The summed E-state index contributed by atoms with van der Waals surface area (Å²) in [6.45, 7) is 6.81. The number of hydrogen-bond acceptors (Lipinski definition) is 2. The Morgan fingerprint density at radius 1 is 1.42 bits per heavy atom. The summed E-state index contributed by atoms with van der Waals surface area (Å²) in [5.74, 6) is 0. The van der Waals surface area contributed by atoms with Crippen molar-refractivity contribution in [2.24, 2.45) is 0 Å². The van der Waals surface area contributed by atoms with E-state index in [2.05, 4.69) is 31.1 Å². The zero-order valence-corrected chi connectivity index (χ0v) is 8.64. The molecule has 1 aliphatic rings. The molecule has 0 aromatic carbocycles. The topological polar surface area (TPSA) is 15.3 Å². The summed E-state index contributed by atoms with van der Waals surface area (Å²) in [5, 5.41) is 3.56. The number of rotatable bonds is 5. The Morgan fingerprint density at radius 2 is 2.08 bits per heavy atom. The smallest absolute Gasteiger partial charge is 0.0107 e. The molecule has 0 aliphatic heterocycles. The highest BCUT2D eigenvalue weighted by atomic mass is 15.1. The van der Waals surface area contributed by atoms with Crippen LogP contribution in [-0.4, -0.2) is 37.1 Å². The predicted molar refractivity (Wildman–Crippen MR) is 53.4 cm³/mol. The van der Waals surface area contributed by atoms with E-state index in [-0.39, 0.29) is 0 Å². The highest BCUT2D eigenvalue weighted by Gasteiger charge is 2.15. The molecular formula is C10H22N2. The lowest BCUT2D eigenvalue weighted by atomic mass is 9.93. The van der Waals surface area contributed by atoms with Crippen LogP contribution in [0.4, 0.5) is 0 Å². The van der Waals surface area contributed by atoms with E-state index in [9.17, 15) is 0 Å². The van der Waals surface area contributed by atoms with E-state index >= 15 is 0 Å². The van der Waals surface area contributed by atoms with Crippen LogP contribution in [0.25, 0.3) is 0 Å². The lowest BCUT2D eigenvalue weighted by Crippen LogP contribution is -2.41. The Kier molecular flexibility index (Phi) is 4.02. The minimum Gasteiger partial charge on any atom is -0.313 e. The molecule has 1 saturated carbocycles. The van der Waals surface area contributed by atoms with Crippen LogP contribution in [0.1, 0.15) is 33.1 Å². The summed E-state index contributed by atoms with van der Waals surface area (Å²) in [4.78, 5) is 2.38. The fourth-order valence-electron chi connectivity index (χ4n) is 1.32. The van der Waals surface area contributed by atoms with Gasteiger partial charge >= 0.3 is 0 Å². The Bertz CT molecular complexity index is 119. The van der Waals surface area contributed by atoms with Crippen molar-refractivity contribution in [2.45, 2.75) is 45.2 Å². The largest absolute Gasteiger partial charge is 0.313 e. The van der Waals surface area contributed by atoms with Crippen LogP contribution >= 0.6 is 0 Å². The van der Waals surface area contributed by atoms with Crippen LogP contribution in [0.15, 0.2) is 0 Å². The Hall–Kier alpha value is -0.0800. The van der Waals surface area contributed by atoms with Crippen LogP contribution in [0.5, 0.6) is 0 Å². The molecule has 0 unspecified atom stereocenters. The highest BCUT2D eigenvalue weighted by Crippen LogP contribution is 2.17. The molecule has 12 heavy (non-hydrogen) atoms. The average molecular weight is 170 g/mol. The minimum atomic E-state index is 0.674. The maximum absolute atomic E-state index is 3.56. The van der Waals surface area contributed by atoms with Crippen molar-refractivity contribution in [1.82, 2.24) is 10.2 Å². The molecule has 1 N–H and O–H groups in total. The molecule has 72 valence electrons. The molecule has 0 aromatic rings. The quantitative estimate of drug-likeness (QED) is 0.672. The molecule has 0 spiro atoms. The molecule has 0 saturated heterocycles. The molecule has 1 fully saturated rings. The monoisotopic (exact) mass is 170 g/mol. The van der Waals surface area contributed by atoms with E-state index in [1.54, 1.807) is 0 Å². The van der Waals surface area contributed by atoms with Crippen molar-refractivity contribution < 1.29 is 0 Å². The maximum atomic E-state index is 3.56. The third-order valence-electron chi connectivity index (χ3n) is 2.88. The summed E-state index contributed by atoms with van der Waals surface area (Å²) in [7, 11) is 2.19. The summed E-state index contributed by atoms with van der Waals surface area (Å²) in [6, 6.07) is 1.51. The molecule has 0 bridgehead atoms. The second-order valence-corrected chi connectivity index (χ2v) is 4.16. The van der Waals surface area contributed by atoms with Gasteiger partial charge in [-0.15, -0.1) is 0 Å². The number of likely N-dealkylation sites (N-methyl/N-ethyl adjacent to an activating group) is 1. The van der Waals surface area contributed by atoms with Gasteiger partial charge in [-0.2, -0.15) is 0 Å². The first-order valence-corrected chi connectivity index (χ1v) is 5.14. The predicted octanol–water partition coefficient (Wildman–Crippen LogP) is 1.47. The molecule has 0 radical (unpaired) electrons. The van der Waals surface area contributed by atoms with Gasteiger partial charge in [-0.1, -0.05) is 6.42 Å². The lowest BCUT2D eigenvalue weighted by molar-refractivity contribution is 0.254. The van der Waals surface area contributed by atoms with Crippen molar-refractivity contribution in [3.63, 3.8) is 0 Å². The van der Waals surface area contributed by atoms with Crippen molar-refractivity contribution in [1.29, 1.82) is 0 Å². The summed E-state index contributed by atoms with van der Waals surface area (Å²) in [6.07, 6.45) is 4.22. The Morgan fingerprint density at radius 3 is 2.50 bits per heavy atom. The van der Waals surface area contributed by atoms with E-state index in [1.807, 2.05) is 0 Å². The third-order valence-corrected chi connectivity index (χ3v) is 2.88. The van der Waals surface area contributed by atoms with Crippen molar-refractivity contribution in [3.8, 4) is 0 Å². The van der Waals surface area contributed by atoms with Gasteiger partial charge in [0.1, 0.15) is 0 Å². The average Bonchev–Trinajstić information content (AvgIpc) is 1.93. The van der Waals surface area contributed by atoms with E-state index in [0.29, 0.717) is 6.04 Å². The summed E-state index contributed by atoms with van der Waals surface area (Å²) in [5.41, 5.74) is 0. The Balaban J connectivity index is 1.93. The van der Waals surface area contributed by atoms with Gasteiger partial charge in [-0.3, -0.25) is 0 Å². The first kappa shape index (κ1) is 10.0. The number of nitrogens with one attached hydrogen (secondary N) is 1. The van der Waals surface area contributed by atoms with Gasteiger partial charge in [0.25, 0.3) is 0 Å². The minimum absolute atomic E-state index is 0.674. The van der Waals surface area contributed by atoms with Gasteiger partial charge in [0, 0.05) is 25.2 Å². The van der Waals surface area contributed by atoms with Gasteiger partial charge in [0.05, 0.1) is 0 Å². The van der Waals surface area contributed by atoms with Crippen molar-refractivity contribution in [3.05, 3.63) is 0 Å². The first-order valence-electron chi connectivity index (χ1n) is 5.14. The van der Waals surface area contributed by atoms with Crippen LogP contribution in [0, 0.1) is 0 Å². The van der Waals surface area contributed by atoms with Gasteiger partial charge < -0.3 is 10.2 Å². The van der Waals surface area contributed by atoms with Gasteiger partial charge in [0.2, 0.25) is 0 Å². The zero-order chi connectivity index (χ0) is 8.97. The SMILES string of the molecule is CC(C)N(C)CCNC1CCC1. The zero-order valence-electron chi connectivity index (χ0n) is 8.64. The molecule has 0 aromatic heterocycles. The molecule has 1 aliphatic carbocycles. The second-order valence-electron chi connectivity index (χ2n) is 4.16. The van der Waals surface area contributed by atoms with Gasteiger partial charge in [0.15, 0.2) is 0 Å². The fourth-order valence-corrected chi connectivity index (χ4v) is 1.32. The van der Waals surface area contributed by atoms with E-state index in [0.717, 1.165) is 12.6 Å². The summed E-state index contributed by atoms with van der Waals surface area (Å²) < 4.78 is 0. The lowest BCUT2D eigenvalue weighted by Gasteiger charge is -2.28. The van der Waals surface area contributed by atoms with E-state index in [4.69, 9.17) is 0 Å². The number of hydrogen-bond donors (Lipinski definition) is 1. The molecule has 2 nitrogen and oxygen atoms in total. The van der Waals surface area contributed by atoms with Crippen LogP contribution < -0.4 is 5.32 Å². The third kappa shape index (κ3) is 3.11. The van der Waals surface area contributed by atoms with E-state index < -0.39 is 0 Å². The van der Waals surface area contributed by atoms with Crippen molar-refractivity contribution in [2.75, 3.05) is 20.1 Å². The van der Waals surface area contributed by atoms with E-state index in [1.165, 1.54) is 25.8 Å². The van der Waals surface area contributed by atoms with Gasteiger partial charge in [-0.05, 0) is 33.7 Å². The van der Waals surface area contributed by atoms with Gasteiger partial charge in [-0.25, -0.2) is 0 Å². The Labute approximate surface area is 76.3 Å². The normalized spacial score (nSPS) is 18.8. The molecule has 0 heterocycles. The second kappa shape index (κ2) is 4.83. The number of nitrogens with zero attached hydrogens (tertiary/aromatic N) is 1. The first-order chi connectivity index (χ1) is 5.70. The van der Waals surface area contributed by atoms with Crippen LogP contribution in [0.2, 0.25) is 0 Å². The molecule has 0 atom stereocenters. The highest BCUT2D eigenvalue weighted by molar-refractivity contribution is 4.76. The summed E-state index contributed by atoms with van der Waals surface area (Å²) >= 11 is 0.